The molecule has 3 rings (SSSR count). The smallest absolute Gasteiger partial charge is 0.192 e. The number of rotatable bonds is 2. The van der Waals surface area contributed by atoms with Crippen molar-refractivity contribution >= 4 is 29.9 Å². The van der Waals surface area contributed by atoms with Gasteiger partial charge in [-0.25, -0.2) is 0 Å². The Morgan fingerprint density at radius 2 is 1.68 bits per heavy atom. The maximum atomic E-state index is 13.0. The van der Waals surface area contributed by atoms with Gasteiger partial charge in [0.1, 0.15) is 11.3 Å². The molecule has 0 saturated carbocycles. The number of anilines is 1. The van der Waals surface area contributed by atoms with Crippen molar-refractivity contribution < 1.29 is 4.42 Å². The Kier molecular flexibility index (Phi) is 3.41. The average molecular weight is 309 g/mol. The lowest BCUT2D eigenvalue weighted by molar-refractivity contribution is 0.623. The van der Waals surface area contributed by atoms with Crippen molar-refractivity contribution in [1.29, 1.82) is 0 Å². The van der Waals surface area contributed by atoms with Crippen LogP contribution in [-0.4, -0.2) is 8.07 Å². The van der Waals surface area contributed by atoms with E-state index in [0.29, 0.717) is 22.4 Å². The van der Waals surface area contributed by atoms with E-state index in [-0.39, 0.29) is 5.43 Å². The summed E-state index contributed by atoms with van der Waals surface area (Å²) in [5.41, 5.74) is 7.97. The third-order valence-corrected chi connectivity index (χ3v) is 5.66. The zero-order valence-corrected chi connectivity index (χ0v) is 14.0. The van der Waals surface area contributed by atoms with Crippen LogP contribution < -0.4 is 16.3 Å². The maximum Gasteiger partial charge on any atom is 0.192 e. The normalized spacial score (nSPS) is 11.8. The second-order valence-corrected chi connectivity index (χ2v) is 11.5. The fourth-order valence-corrected chi connectivity index (χ4v) is 4.38. The molecule has 0 saturated heterocycles. The first kappa shape index (κ1) is 14.6. The number of benzene rings is 2. The van der Waals surface area contributed by atoms with E-state index in [1.165, 1.54) is 0 Å². The summed E-state index contributed by atoms with van der Waals surface area (Å²) in [4.78, 5) is 13.0. The summed E-state index contributed by atoms with van der Waals surface area (Å²) >= 11 is 0. The van der Waals surface area contributed by atoms with Crippen LogP contribution in [0.4, 0.5) is 5.69 Å². The van der Waals surface area contributed by atoms with Crippen LogP contribution in [0.1, 0.15) is 0 Å². The lowest BCUT2D eigenvalue weighted by atomic mass is 10.1. The van der Waals surface area contributed by atoms with Gasteiger partial charge < -0.3 is 10.2 Å². The Balaban J connectivity index is 2.46. The van der Waals surface area contributed by atoms with E-state index in [2.05, 4.69) is 19.6 Å². The summed E-state index contributed by atoms with van der Waals surface area (Å²) in [6.07, 6.45) is 0. The molecule has 0 aliphatic rings. The predicted molar refractivity (Wildman–Crippen MR) is 95.3 cm³/mol. The summed E-state index contributed by atoms with van der Waals surface area (Å²) in [5, 5.41) is 1.43. The monoisotopic (exact) mass is 309 g/mol. The molecule has 2 aromatic carbocycles. The zero-order valence-electron chi connectivity index (χ0n) is 13.0. The lowest BCUT2D eigenvalue weighted by Crippen LogP contribution is -2.48. The molecule has 112 valence electrons. The Morgan fingerprint density at radius 1 is 1.00 bits per heavy atom. The third kappa shape index (κ3) is 2.46. The van der Waals surface area contributed by atoms with Crippen molar-refractivity contribution in [2.45, 2.75) is 19.6 Å². The zero-order chi connectivity index (χ0) is 15.9. The van der Waals surface area contributed by atoms with Gasteiger partial charge in [-0.15, -0.1) is 0 Å². The molecule has 0 spiro atoms. The molecule has 0 fully saturated rings. The van der Waals surface area contributed by atoms with Crippen molar-refractivity contribution in [2.24, 2.45) is 0 Å². The molecule has 1 heterocycles. The van der Waals surface area contributed by atoms with Crippen molar-refractivity contribution in [3.8, 4) is 11.3 Å². The quantitative estimate of drug-likeness (QED) is 0.581. The van der Waals surface area contributed by atoms with Gasteiger partial charge in [0.25, 0.3) is 0 Å². The topological polar surface area (TPSA) is 56.2 Å². The second kappa shape index (κ2) is 5.14. The Bertz CT molecular complexity index is 893. The number of hydrogen-bond donors (Lipinski definition) is 1. The van der Waals surface area contributed by atoms with Crippen LogP contribution >= 0.6 is 0 Å². The summed E-state index contributed by atoms with van der Waals surface area (Å²) < 4.78 is 6.12. The van der Waals surface area contributed by atoms with Gasteiger partial charge in [-0.05, 0) is 12.1 Å². The van der Waals surface area contributed by atoms with E-state index < -0.39 is 8.07 Å². The van der Waals surface area contributed by atoms with Gasteiger partial charge in [-0.2, -0.15) is 0 Å². The third-order valence-electron chi connectivity index (χ3n) is 3.70. The predicted octanol–water partition coefficient (Wildman–Crippen LogP) is 3.59. The largest absolute Gasteiger partial charge is 0.456 e. The maximum absolute atomic E-state index is 13.0. The number of hydrogen-bond acceptors (Lipinski definition) is 3. The fraction of sp³-hybridized carbons (Fsp3) is 0.167. The van der Waals surface area contributed by atoms with Gasteiger partial charge in [0.2, 0.25) is 0 Å². The molecule has 4 heteroatoms. The van der Waals surface area contributed by atoms with Gasteiger partial charge in [0.05, 0.1) is 13.5 Å². The molecule has 2 N–H and O–H groups in total. The van der Waals surface area contributed by atoms with Crippen LogP contribution in [-0.2, 0) is 0 Å². The number of fused-ring (bicyclic) bond motifs is 1. The van der Waals surface area contributed by atoms with Crippen LogP contribution in [0.15, 0.2) is 57.7 Å². The first-order valence-corrected chi connectivity index (χ1v) is 10.8. The van der Waals surface area contributed by atoms with E-state index in [9.17, 15) is 4.79 Å². The second-order valence-electron chi connectivity index (χ2n) is 6.51. The van der Waals surface area contributed by atoms with Crippen molar-refractivity contribution in [2.75, 3.05) is 5.73 Å². The van der Waals surface area contributed by atoms with Crippen LogP contribution in [0.2, 0.25) is 19.6 Å². The molecule has 0 bridgehead atoms. The lowest BCUT2D eigenvalue weighted by Gasteiger charge is -2.20. The standard InChI is InChI=1S/C18H19NO2Si/c1-22(2,3)18-16(20)14-10-9-13(19)11-15(14)21-17(18)12-7-5-4-6-8-12/h4-11H,19H2,1-3H3. The van der Waals surface area contributed by atoms with Crippen molar-refractivity contribution in [1.82, 2.24) is 0 Å². The SMILES string of the molecule is C[Si](C)(C)c1c(-c2ccccc2)oc2cc(N)ccc2c1=O. The number of nitrogens with two attached hydrogens (primary N) is 1. The van der Waals surface area contributed by atoms with Crippen LogP contribution in [0, 0.1) is 0 Å². The van der Waals surface area contributed by atoms with Crippen LogP contribution in [0.5, 0.6) is 0 Å². The molecule has 0 aliphatic heterocycles. The first-order valence-electron chi connectivity index (χ1n) is 7.30. The highest BCUT2D eigenvalue weighted by molar-refractivity contribution is 6.89. The van der Waals surface area contributed by atoms with E-state index in [1.54, 1.807) is 18.2 Å². The van der Waals surface area contributed by atoms with Gasteiger partial charge in [-0.1, -0.05) is 50.0 Å². The Hall–Kier alpha value is -2.33. The molecular formula is C18H19NO2Si. The van der Waals surface area contributed by atoms with Gasteiger partial charge in [0.15, 0.2) is 5.43 Å². The minimum atomic E-state index is -1.87. The van der Waals surface area contributed by atoms with Crippen molar-refractivity contribution in [3.63, 3.8) is 0 Å². The molecule has 0 radical (unpaired) electrons. The molecule has 3 nitrogen and oxygen atoms in total. The van der Waals surface area contributed by atoms with E-state index in [1.807, 2.05) is 30.3 Å². The van der Waals surface area contributed by atoms with Crippen LogP contribution in [0.25, 0.3) is 22.3 Å². The van der Waals surface area contributed by atoms with Crippen LogP contribution in [0.3, 0.4) is 0 Å². The minimum absolute atomic E-state index is 0.0688. The highest BCUT2D eigenvalue weighted by atomic mass is 28.3. The van der Waals surface area contributed by atoms with Gasteiger partial charge in [-0.3, -0.25) is 4.79 Å². The van der Waals surface area contributed by atoms with Gasteiger partial charge >= 0.3 is 0 Å². The summed E-state index contributed by atoms with van der Waals surface area (Å²) in [6.45, 7) is 6.48. The molecule has 0 unspecified atom stereocenters. The highest BCUT2D eigenvalue weighted by Gasteiger charge is 2.27. The molecule has 22 heavy (non-hydrogen) atoms. The Labute approximate surface area is 130 Å². The average Bonchev–Trinajstić information content (AvgIpc) is 2.46. The number of nitrogen functional groups attached to an aromatic ring is 1. The minimum Gasteiger partial charge on any atom is -0.456 e. The molecule has 0 atom stereocenters. The molecule has 3 aromatic rings. The summed E-state index contributed by atoms with van der Waals surface area (Å²) in [7, 11) is -1.87. The molecule has 0 amide bonds. The van der Waals surface area contributed by atoms with Gasteiger partial charge in [0, 0.05) is 22.5 Å². The first-order chi connectivity index (χ1) is 10.4. The Morgan fingerprint density at radius 3 is 2.32 bits per heavy atom. The summed E-state index contributed by atoms with van der Waals surface area (Å²) in [6, 6.07) is 15.0. The van der Waals surface area contributed by atoms with E-state index in [4.69, 9.17) is 10.2 Å². The van der Waals surface area contributed by atoms with E-state index in [0.717, 1.165) is 10.8 Å². The molecular weight excluding hydrogens is 290 g/mol. The molecule has 1 aromatic heterocycles. The fourth-order valence-electron chi connectivity index (χ4n) is 2.68. The van der Waals surface area contributed by atoms with E-state index >= 15 is 0 Å². The highest BCUT2D eigenvalue weighted by Crippen LogP contribution is 2.24. The summed E-state index contributed by atoms with van der Waals surface area (Å²) in [5.74, 6) is 0.683. The molecule has 0 aliphatic carbocycles. The van der Waals surface area contributed by atoms with Crippen molar-refractivity contribution in [3.05, 3.63) is 58.8 Å².